The van der Waals surface area contributed by atoms with Crippen molar-refractivity contribution in [1.29, 1.82) is 0 Å². The molecule has 0 N–H and O–H groups in total. The van der Waals surface area contributed by atoms with Gasteiger partial charge in [0.05, 0.1) is 24.6 Å². The molecule has 0 aliphatic carbocycles. The zero-order valence-corrected chi connectivity index (χ0v) is 23.0. The molecule has 0 saturated carbocycles. The monoisotopic (exact) mass is 520 g/mol. The highest BCUT2D eigenvalue weighted by Crippen LogP contribution is 2.34. The quantitative estimate of drug-likeness (QED) is 0.146. The zero-order chi connectivity index (χ0) is 25.0. The molecule has 0 aliphatic rings. The van der Waals surface area contributed by atoms with Gasteiger partial charge in [-0.3, -0.25) is 0 Å². The summed E-state index contributed by atoms with van der Waals surface area (Å²) in [5, 5.41) is 6.10. The van der Waals surface area contributed by atoms with Gasteiger partial charge < -0.3 is 9.47 Å². The minimum Gasteiger partial charge on any atom is -0.494 e. The third kappa shape index (κ3) is 7.65. The summed E-state index contributed by atoms with van der Waals surface area (Å²) in [5.74, 6) is 1.84. The Bertz CT molecular complexity index is 1070. The highest BCUT2D eigenvalue weighted by molar-refractivity contribution is 7.20. The van der Waals surface area contributed by atoms with E-state index in [2.05, 4.69) is 48.9 Å². The highest BCUT2D eigenvalue weighted by atomic mass is 32.1. The van der Waals surface area contributed by atoms with E-state index in [9.17, 15) is 0 Å². The van der Waals surface area contributed by atoms with Crippen molar-refractivity contribution in [3.05, 3.63) is 59.3 Å². The molecule has 4 aromatic rings. The van der Waals surface area contributed by atoms with Gasteiger partial charge in [-0.05, 0) is 61.4 Å². The lowest BCUT2D eigenvalue weighted by Crippen LogP contribution is -1.97. The third-order valence-corrected chi connectivity index (χ3v) is 7.85. The summed E-state index contributed by atoms with van der Waals surface area (Å²) in [6, 6.07) is 16.5. The Morgan fingerprint density at radius 3 is 1.36 bits per heavy atom. The van der Waals surface area contributed by atoms with E-state index in [-0.39, 0.29) is 0 Å². The van der Waals surface area contributed by atoms with E-state index < -0.39 is 0 Å². The summed E-state index contributed by atoms with van der Waals surface area (Å²) in [5.41, 5.74) is 4.14. The second-order valence-electron chi connectivity index (χ2n) is 8.94. The van der Waals surface area contributed by atoms with Gasteiger partial charge in [0.15, 0.2) is 10.0 Å². The van der Waals surface area contributed by atoms with Crippen molar-refractivity contribution in [2.75, 3.05) is 13.2 Å². The minimum atomic E-state index is 0.779. The van der Waals surface area contributed by atoms with Gasteiger partial charge in [0, 0.05) is 21.9 Å². The van der Waals surface area contributed by atoms with Crippen LogP contribution in [0, 0.1) is 0 Å². The first-order valence-corrected chi connectivity index (χ1v) is 14.9. The molecule has 2 heterocycles. The number of hydrogen-bond donors (Lipinski definition) is 0. The van der Waals surface area contributed by atoms with Crippen LogP contribution < -0.4 is 9.47 Å². The fraction of sp³-hybridized carbons (Fsp3) is 0.400. The van der Waals surface area contributed by atoms with Gasteiger partial charge in [-0.2, -0.15) is 0 Å². The van der Waals surface area contributed by atoms with Crippen LogP contribution in [0.25, 0.3) is 32.5 Å². The Hall–Kier alpha value is -2.70. The van der Waals surface area contributed by atoms with E-state index in [0.717, 1.165) is 70.1 Å². The van der Waals surface area contributed by atoms with Crippen molar-refractivity contribution in [3.63, 3.8) is 0 Å². The van der Waals surface area contributed by atoms with E-state index in [1.54, 1.807) is 22.7 Å². The van der Waals surface area contributed by atoms with E-state index in [1.807, 2.05) is 24.3 Å². The number of aromatic nitrogens is 2. The van der Waals surface area contributed by atoms with Crippen LogP contribution in [-0.4, -0.2) is 23.2 Å². The molecular weight excluding hydrogens is 484 g/mol. The maximum absolute atomic E-state index is 5.87. The van der Waals surface area contributed by atoms with Crippen LogP contribution in [0.15, 0.2) is 59.3 Å². The second kappa shape index (κ2) is 14.1. The summed E-state index contributed by atoms with van der Waals surface area (Å²) < 4.78 is 11.7. The Morgan fingerprint density at radius 2 is 0.972 bits per heavy atom. The normalized spacial score (nSPS) is 11.1. The first kappa shape index (κ1) is 26.4. The molecule has 6 heteroatoms. The van der Waals surface area contributed by atoms with Gasteiger partial charge in [-0.1, -0.05) is 52.4 Å². The van der Waals surface area contributed by atoms with Gasteiger partial charge in [-0.15, -0.1) is 22.7 Å². The lowest BCUT2D eigenvalue weighted by molar-refractivity contribution is 0.305. The molecule has 2 aromatic heterocycles. The molecule has 190 valence electrons. The predicted molar refractivity (Wildman–Crippen MR) is 153 cm³/mol. The third-order valence-electron chi connectivity index (χ3n) is 6.02. The number of ether oxygens (including phenoxy) is 2. The molecule has 0 bridgehead atoms. The predicted octanol–water partition coefficient (Wildman–Crippen LogP) is 9.52. The summed E-state index contributed by atoms with van der Waals surface area (Å²) in [4.78, 5) is 9.72. The van der Waals surface area contributed by atoms with E-state index in [1.165, 1.54) is 38.5 Å². The first-order chi connectivity index (χ1) is 17.8. The molecule has 0 aliphatic heterocycles. The maximum atomic E-state index is 5.87. The standard InChI is InChI=1S/C30H36N2O2S2/c1-3-5-7-9-19-33-25-15-11-23(12-16-25)27-21-35-29(31-27)30-32-28(22-36-30)24-13-17-26(18-14-24)34-20-10-8-6-4-2/h11-18,21-22H,3-10,19-20H2,1-2H3. The van der Waals surface area contributed by atoms with Crippen LogP contribution in [-0.2, 0) is 0 Å². The van der Waals surface area contributed by atoms with Gasteiger partial charge in [0.25, 0.3) is 0 Å². The van der Waals surface area contributed by atoms with Crippen LogP contribution >= 0.6 is 22.7 Å². The molecule has 2 aromatic carbocycles. The highest BCUT2D eigenvalue weighted by Gasteiger charge is 2.12. The Labute approximate surface area is 223 Å². The average molecular weight is 521 g/mol. The SMILES string of the molecule is CCCCCCOc1ccc(-c2csc(-c3nc(-c4ccc(OCCCCCC)cc4)cs3)n2)cc1. The maximum Gasteiger partial charge on any atom is 0.152 e. The van der Waals surface area contributed by atoms with Gasteiger partial charge in [-0.25, -0.2) is 9.97 Å². The van der Waals surface area contributed by atoms with Crippen molar-refractivity contribution in [2.45, 2.75) is 65.2 Å². The second-order valence-corrected chi connectivity index (χ2v) is 10.7. The number of hydrogen-bond acceptors (Lipinski definition) is 6. The van der Waals surface area contributed by atoms with Gasteiger partial charge >= 0.3 is 0 Å². The average Bonchev–Trinajstić information content (AvgIpc) is 3.60. The first-order valence-electron chi connectivity index (χ1n) is 13.1. The van der Waals surface area contributed by atoms with Crippen molar-refractivity contribution >= 4 is 22.7 Å². The molecule has 0 fully saturated rings. The molecular formula is C30H36N2O2S2. The van der Waals surface area contributed by atoms with Crippen molar-refractivity contribution in [2.24, 2.45) is 0 Å². The molecule has 0 saturated heterocycles. The molecule has 0 radical (unpaired) electrons. The van der Waals surface area contributed by atoms with E-state index in [0.29, 0.717) is 0 Å². The molecule has 0 amide bonds. The Balaban J connectivity index is 1.32. The number of rotatable bonds is 15. The fourth-order valence-electron chi connectivity index (χ4n) is 3.89. The summed E-state index contributed by atoms with van der Waals surface area (Å²) >= 11 is 3.27. The zero-order valence-electron chi connectivity index (χ0n) is 21.4. The molecule has 0 spiro atoms. The van der Waals surface area contributed by atoms with Crippen LogP contribution in [0.1, 0.15) is 65.2 Å². The number of thiazole rings is 2. The lowest BCUT2D eigenvalue weighted by atomic mass is 10.1. The number of unbranched alkanes of at least 4 members (excludes halogenated alkanes) is 6. The topological polar surface area (TPSA) is 44.2 Å². The Kier molecular flexibility index (Phi) is 10.4. The van der Waals surface area contributed by atoms with Crippen LogP contribution in [0.5, 0.6) is 11.5 Å². The Morgan fingerprint density at radius 1 is 0.556 bits per heavy atom. The van der Waals surface area contributed by atoms with Crippen molar-refractivity contribution < 1.29 is 9.47 Å². The summed E-state index contributed by atoms with van der Waals surface area (Å²) in [7, 11) is 0. The molecule has 36 heavy (non-hydrogen) atoms. The lowest BCUT2D eigenvalue weighted by Gasteiger charge is -2.06. The smallest absolute Gasteiger partial charge is 0.152 e. The van der Waals surface area contributed by atoms with Crippen molar-refractivity contribution in [3.8, 4) is 44.0 Å². The molecule has 0 unspecified atom stereocenters. The number of benzene rings is 2. The summed E-state index contributed by atoms with van der Waals surface area (Å²) in [6.07, 6.45) is 9.71. The van der Waals surface area contributed by atoms with E-state index in [4.69, 9.17) is 19.4 Å². The molecule has 0 atom stereocenters. The van der Waals surface area contributed by atoms with Gasteiger partial charge in [0.1, 0.15) is 11.5 Å². The fourth-order valence-corrected chi connectivity index (χ4v) is 5.60. The van der Waals surface area contributed by atoms with Crippen LogP contribution in [0.3, 0.4) is 0 Å². The van der Waals surface area contributed by atoms with Gasteiger partial charge in [0.2, 0.25) is 0 Å². The molecule has 4 rings (SSSR count). The number of nitrogens with zero attached hydrogens (tertiary/aromatic N) is 2. The molecule has 4 nitrogen and oxygen atoms in total. The summed E-state index contributed by atoms with van der Waals surface area (Å²) in [6.45, 7) is 6.01. The van der Waals surface area contributed by atoms with Crippen molar-refractivity contribution in [1.82, 2.24) is 9.97 Å². The van der Waals surface area contributed by atoms with E-state index >= 15 is 0 Å². The van der Waals surface area contributed by atoms with Crippen LogP contribution in [0.2, 0.25) is 0 Å². The largest absolute Gasteiger partial charge is 0.494 e. The van der Waals surface area contributed by atoms with Crippen LogP contribution in [0.4, 0.5) is 0 Å². The minimum absolute atomic E-state index is 0.779.